The van der Waals surface area contributed by atoms with Crippen LogP contribution in [0.25, 0.3) is 0 Å². The van der Waals surface area contributed by atoms with Crippen LogP contribution >= 0.6 is 0 Å². The highest BCUT2D eigenvalue weighted by atomic mass is 16.6. The fraction of sp³-hybridized carbons (Fsp3) is 0.933. The molecule has 0 bridgehead atoms. The lowest BCUT2D eigenvalue weighted by Gasteiger charge is -2.23. The van der Waals surface area contributed by atoms with Gasteiger partial charge in [-0.3, -0.25) is 0 Å². The van der Waals surface area contributed by atoms with Crippen molar-refractivity contribution in [2.24, 2.45) is 5.92 Å². The Balaban J connectivity index is 3.52. The first-order valence-corrected chi connectivity index (χ1v) is 22.7. The number of rotatable bonds is 49. The first kappa shape index (κ1) is 59.6. The molecule has 0 rings (SSSR count). The number of hydrogen-bond acceptors (Lipinski definition) is 16. The molecule has 0 heterocycles. The van der Waals surface area contributed by atoms with E-state index in [2.05, 4.69) is 27.4 Å². The molecule has 0 amide bonds. The summed E-state index contributed by atoms with van der Waals surface area (Å²) >= 11 is 0. The van der Waals surface area contributed by atoms with Gasteiger partial charge < -0.3 is 71.1 Å². The van der Waals surface area contributed by atoms with Crippen LogP contribution in [0, 0.1) is 5.92 Å². The van der Waals surface area contributed by atoms with Crippen LogP contribution in [0.5, 0.6) is 0 Å². The van der Waals surface area contributed by atoms with Crippen LogP contribution in [0.1, 0.15) is 81.1 Å². The smallest absolute Gasteiger partial charge is 0.330 e. The normalized spacial score (nSPS) is 15.3. The van der Waals surface area contributed by atoms with Gasteiger partial charge >= 0.3 is 5.97 Å². The molecule has 16 heteroatoms. The summed E-state index contributed by atoms with van der Waals surface area (Å²) in [7, 11) is 0. The molecular formula is C45H88O16. The summed E-state index contributed by atoms with van der Waals surface area (Å²) in [5.74, 6) is 0.168. The van der Waals surface area contributed by atoms with Gasteiger partial charge in [-0.15, -0.1) is 0 Å². The number of carbonyl (C=O) groups is 1. The standard InChI is InChI=1S/C45H88O16/c1-10-13-14-44(11-2)37-61-43(9)36-60-42(8)35-59-41(7)34-58-40(6)33-57-39(5)32-56-38(4)31-54-28-27-52-24-23-50-20-19-48-16-15-47-17-18-49-21-22-51-25-26-53-29-30-55-45(46)12-3/h12,38-44H,3,10-11,13-37H2,1-2,4-9H3. The highest BCUT2D eigenvalue weighted by Gasteiger charge is 2.15. The molecule has 0 fully saturated rings. The van der Waals surface area contributed by atoms with E-state index in [1.165, 1.54) is 19.3 Å². The van der Waals surface area contributed by atoms with Gasteiger partial charge in [0.25, 0.3) is 0 Å². The Morgan fingerprint density at radius 1 is 0.410 bits per heavy atom. The van der Waals surface area contributed by atoms with E-state index >= 15 is 0 Å². The molecule has 61 heavy (non-hydrogen) atoms. The maximum Gasteiger partial charge on any atom is 0.330 e. The Hall–Kier alpha value is -1.35. The van der Waals surface area contributed by atoms with Gasteiger partial charge in [0.05, 0.1) is 175 Å². The van der Waals surface area contributed by atoms with Crippen molar-refractivity contribution in [3.05, 3.63) is 12.7 Å². The van der Waals surface area contributed by atoms with Crippen LogP contribution in [-0.4, -0.2) is 195 Å². The van der Waals surface area contributed by atoms with Gasteiger partial charge in [0, 0.05) is 12.7 Å². The summed E-state index contributed by atoms with van der Waals surface area (Å²) in [5.41, 5.74) is 0. The molecule has 0 saturated carbocycles. The number of unbranched alkanes of at least 4 members (excludes halogenated alkanes) is 1. The maximum absolute atomic E-state index is 10.9. The van der Waals surface area contributed by atoms with Crippen molar-refractivity contribution < 1.29 is 75.8 Å². The van der Waals surface area contributed by atoms with Crippen molar-refractivity contribution in [1.82, 2.24) is 0 Å². The third kappa shape index (κ3) is 43.7. The van der Waals surface area contributed by atoms with Crippen LogP contribution in [0.3, 0.4) is 0 Å². The summed E-state index contributed by atoms with van der Waals surface area (Å²) in [5, 5.41) is 0. The van der Waals surface area contributed by atoms with E-state index in [1.807, 2.05) is 34.6 Å². The van der Waals surface area contributed by atoms with Crippen molar-refractivity contribution in [3.63, 3.8) is 0 Å². The van der Waals surface area contributed by atoms with Gasteiger partial charge in [0.2, 0.25) is 0 Å². The monoisotopic (exact) mass is 885 g/mol. The lowest BCUT2D eigenvalue weighted by molar-refractivity contribution is -0.139. The van der Waals surface area contributed by atoms with Crippen LogP contribution in [-0.2, 0) is 75.8 Å². The lowest BCUT2D eigenvalue weighted by atomic mass is 10.0. The molecule has 0 spiro atoms. The Bertz CT molecular complexity index is 933. The molecule has 0 saturated heterocycles. The molecule has 7 unspecified atom stereocenters. The van der Waals surface area contributed by atoms with E-state index in [0.717, 1.165) is 19.1 Å². The van der Waals surface area contributed by atoms with Crippen LogP contribution in [0.4, 0.5) is 0 Å². The molecule has 0 N–H and O–H groups in total. The Morgan fingerprint density at radius 3 is 0.984 bits per heavy atom. The zero-order valence-electron chi connectivity index (χ0n) is 39.4. The average Bonchev–Trinajstić information content (AvgIpc) is 3.26. The minimum Gasteiger partial charge on any atom is -0.460 e. The van der Waals surface area contributed by atoms with E-state index in [0.29, 0.717) is 145 Å². The predicted molar refractivity (Wildman–Crippen MR) is 233 cm³/mol. The van der Waals surface area contributed by atoms with Crippen molar-refractivity contribution >= 4 is 5.97 Å². The van der Waals surface area contributed by atoms with Crippen LogP contribution < -0.4 is 0 Å². The summed E-state index contributed by atoms with van der Waals surface area (Å²) in [6.45, 7) is 30.7. The van der Waals surface area contributed by atoms with Gasteiger partial charge in [0.1, 0.15) is 6.61 Å². The summed E-state index contributed by atoms with van der Waals surface area (Å²) < 4.78 is 84.5. The van der Waals surface area contributed by atoms with Gasteiger partial charge in [-0.2, -0.15) is 0 Å². The Morgan fingerprint density at radius 2 is 0.689 bits per heavy atom. The topological polar surface area (TPSA) is 156 Å². The van der Waals surface area contributed by atoms with Crippen LogP contribution in [0.15, 0.2) is 12.7 Å². The van der Waals surface area contributed by atoms with Crippen molar-refractivity contribution in [2.75, 3.05) is 152 Å². The SMILES string of the molecule is C=CC(=O)OCCOCCOCCOCCOCCOCCOCCOCCOCC(C)OCC(C)OCC(C)OCC(C)OCC(C)OCC(C)OCC(CC)CCCC. The van der Waals surface area contributed by atoms with Crippen molar-refractivity contribution in [1.29, 1.82) is 0 Å². The largest absolute Gasteiger partial charge is 0.460 e. The summed E-state index contributed by atoms with van der Waals surface area (Å²) in [6.07, 6.45) is 5.77. The minimum atomic E-state index is -0.461. The van der Waals surface area contributed by atoms with E-state index < -0.39 is 5.97 Å². The molecule has 0 aromatic carbocycles. The van der Waals surface area contributed by atoms with E-state index in [1.54, 1.807) is 0 Å². The second-order valence-corrected chi connectivity index (χ2v) is 15.0. The van der Waals surface area contributed by atoms with Crippen molar-refractivity contribution in [2.45, 2.75) is 118 Å². The number of ether oxygens (including phenoxy) is 15. The molecular weight excluding hydrogens is 796 g/mol. The summed E-state index contributed by atoms with van der Waals surface area (Å²) in [4.78, 5) is 10.9. The highest BCUT2D eigenvalue weighted by molar-refractivity contribution is 5.81. The zero-order chi connectivity index (χ0) is 45.0. The van der Waals surface area contributed by atoms with Gasteiger partial charge in [-0.25, -0.2) is 4.79 Å². The quantitative estimate of drug-likeness (QED) is 0.0429. The summed E-state index contributed by atoms with van der Waals surface area (Å²) in [6, 6.07) is 0. The zero-order valence-corrected chi connectivity index (χ0v) is 39.4. The third-order valence-electron chi connectivity index (χ3n) is 8.83. The fourth-order valence-electron chi connectivity index (χ4n) is 5.03. The molecule has 0 aromatic rings. The molecule has 0 aliphatic heterocycles. The lowest BCUT2D eigenvalue weighted by Crippen LogP contribution is -2.30. The molecule has 0 aliphatic rings. The van der Waals surface area contributed by atoms with Crippen molar-refractivity contribution in [3.8, 4) is 0 Å². The molecule has 364 valence electrons. The molecule has 0 aliphatic carbocycles. The Kier molecular flexibility index (Phi) is 44.2. The average molecular weight is 885 g/mol. The van der Waals surface area contributed by atoms with Crippen LogP contribution in [0.2, 0.25) is 0 Å². The molecule has 16 nitrogen and oxygen atoms in total. The van der Waals surface area contributed by atoms with E-state index in [-0.39, 0.29) is 43.2 Å². The van der Waals surface area contributed by atoms with Gasteiger partial charge in [0.15, 0.2) is 0 Å². The number of carbonyl (C=O) groups excluding carboxylic acids is 1. The van der Waals surface area contributed by atoms with E-state index in [9.17, 15) is 4.79 Å². The first-order valence-electron chi connectivity index (χ1n) is 22.7. The molecule has 0 aromatic heterocycles. The van der Waals surface area contributed by atoms with Gasteiger partial charge in [-0.1, -0.05) is 39.7 Å². The molecule has 7 atom stereocenters. The maximum atomic E-state index is 10.9. The predicted octanol–water partition coefficient (Wildman–Crippen LogP) is 5.50. The number of hydrogen-bond donors (Lipinski definition) is 0. The molecule has 0 radical (unpaired) electrons. The first-order chi connectivity index (χ1) is 29.6. The Labute approximate surface area is 369 Å². The fourth-order valence-corrected chi connectivity index (χ4v) is 5.03. The number of esters is 1. The second kappa shape index (κ2) is 45.2. The third-order valence-corrected chi connectivity index (χ3v) is 8.83. The van der Waals surface area contributed by atoms with E-state index in [4.69, 9.17) is 71.1 Å². The highest BCUT2D eigenvalue weighted by Crippen LogP contribution is 2.14. The minimum absolute atomic E-state index is 0.0210. The van der Waals surface area contributed by atoms with Gasteiger partial charge in [-0.05, 0) is 53.9 Å². The second-order valence-electron chi connectivity index (χ2n) is 15.0.